The monoisotopic (exact) mass is 733 g/mol. The number of carboxylic acids is 1. The first-order valence-electron chi connectivity index (χ1n) is 16.3. The van der Waals surface area contributed by atoms with E-state index >= 15 is 0 Å². The molecule has 51 heavy (non-hydrogen) atoms. The maximum absolute atomic E-state index is 12.3. The summed E-state index contributed by atoms with van der Waals surface area (Å²) in [5.41, 5.74) is 12.0. The number of nitrogen functional groups attached to an aromatic ring is 1. The molecule has 0 aliphatic heterocycles. The first kappa shape index (κ1) is 38.5. The lowest BCUT2D eigenvalue weighted by molar-refractivity contribution is -0.137. The van der Waals surface area contributed by atoms with Crippen LogP contribution in [-0.4, -0.2) is 62.5 Å². The fourth-order valence-electron chi connectivity index (χ4n) is 5.07. The number of halogens is 2. The van der Waals surface area contributed by atoms with Gasteiger partial charge in [0.15, 0.2) is 0 Å². The Bertz CT molecular complexity index is 1880. The maximum Gasteiger partial charge on any atom is 0.407 e. The van der Waals surface area contributed by atoms with E-state index in [9.17, 15) is 14.4 Å². The molecule has 0 aliphatic carbocycles. The normalized spacial score (nSPS) is 10.6. The lowest BCUT2D eigenvalue weighted by Crippen LogP contribution is -2.27. The summed E-state index contributed by atoms with van der Waals surface area (Å²) in [4.78, 5) is 45.5. The minimum absolute atomic E-state index is 0.154. The number of nitrogens with one attached hydrogen (secondary N) is 2. The lowest BCUT2D eigenvalue weighted by atomic mass is 10.1. The molecule has 5 rings (SSSR count). The zero-order chi connectivity index (χ0) is 36.6. The van der Waals surface area contributed by atoms with Gasteiger partial charge in [-0.3, -0.25) is 14.6 Å². The van der Waals surface area contributed by atoms with E-state index < -0.39 is 12.1 Å². The average Bonchev–Trinajstić information content (AvgIpc) is 3.45. The first-order chi connectivity index (χ1) is 24.7. The first-order valence-corrected chi connectivity index (χ1v) is 17.3. The van der Waals surface area contributed by atoms with Gasteiger partial charge in [-0.2, -0.15) is 0 Å². The summed E-state index contributed by atoms with van der Waals surface area (Å²) in [5.74, 6) is 0.951. The number of benzene rings is 3. The molecule has 2 heterocycles. The number of rotatable bonds is 15. The number of fused-ring (bicyclic) bond motifs is 1. The number of nitrogens with zero attached hydrogens (tertiary/aromatic N) is 4. The van der Waals surface area contributed by atoms with Gasteiger partial charge < -0.3 is 35.7 Å². The highest BCUT2D eigenvalue weighted by atomic mass is 35.5. The van der Waals surface area contributed by atoms with Crippen LogP contribution in [0, 0.1) is 0 Å². The standard InChI is InChI=1S/C21H20N4O3.C16H21Cl2N3O2/c22-18-5-1-2-6-19(18)25-20(26)17-9-7-15(8-10-17)13-24-21(27)28-14-16-4-3-11-23-12-16;1-20-14-6-5-12(21(9-7-17)10-8-18)11-13(14)19-15(20)3-2-4-16(22)23/h1-12H,13-14,22H2,(H,24,27)(H,25,26);5-6,11H,2-4,7-10H2,1H3,(H,22,23). The molecule has 0 fully saturated rings. The molecule has 0 bridgehead atoms. The van der Waals surface area contributed by atoms with Gasteiger partial charge in [-0.25, -0.2) is 9.78 Å². The van der Waals surface area contributed by atoms with Crippen molar-refractivity contribution in [1.29, 1.82) is 0 Å². The Morgan fingerprint density at radius 2 is 1.71 bits per heavy atom. The summed E-state index contributed by atoms with van der Waals surface area (Å²) in [6.45, 7) is 1.91. The highest BCUT2D eigenvalue weighted by molar-refractivity contribution is 6.18. The zero-order valence-corrected chi connectivity index (χ0v) is 29.7. The highest BCUT2D eigenvalue weighted by Crippen LogP contribution is 2.23. The molecule has 14 heteroatoms. The quantitative estimate of drug-likeness (QED) is 0.0685. The van der Waals surface area contributed by atoms with Gasteiger partial charge >= 0.3 is 12.1 Å². The number of carbonyl (C=O) groups excluding carboxylic acids is 2. The molecule has 0 saturated carbocycles. The van der Waals surface area contributed by atoms with Crippen molar-refractivity contribution < 1.29 is 24.2 Å². The van der Waals surface area contributed by atoms with Gasteiger partial charge in [0.2, 0.25) is 0 Å². The largest absolute Gasteiger partial charge is 0.481 e. The van der Waals surface area contributed by atoms with E-state index in [1.807, 2.05) is 35.9 Å². The minimum atomic E-state index is -0.774. The molecule has 3 aromatic carbocycles. The third-order valence-electron chi connectivity index (χ3n) is 7.78. The van der Waals surface area contributed by atoms with Crippen molar-refractivity contribution in [1.82, 2.24) is 19.9 Å². The van der Waals surface area contributed by atoms with Crippen LogP contribution in [0.25, 0.3) is 11.0 Å². The van der Waals surface area contributed by atoms with Crippen molar-refractivity contribution >= 4 is 69.3 Å². The molecular weight excluding hydrogens is 693 g/mol. The number of alkyl halides is 2. The van der Waals surface area contributed by atoms with Crippen LogP contribution in [0.2, 0.25) is 0 Å². The number of amides is 2. The molecular formula is C37H41Cl2N7O5. The number of aromatic nitrogens is 3. The number of hydrogen-bond acceptors (Lipinski definition) is 8. The van der Waals surface area contributed by atoms with Crippen molar-refractivity contribution in [3.8, 4) is 0 Å². The van der Waals surface area contributed by atoms with E-state index in [1.54, 1.807) is 67.0 Å². The summed E-state index contributed by atoms with van der Waals surface area (Å²) < 4.78 is 7.15. The van der Waals surface area contributed by atoms with E-state index in [-0.39, 0.29) is 18.9 Å². The van der Waals surface area contributed by atoms with Gasteiger partial charge in [-0.1, -0.05) is 30.3 Å². The predicted octanol–water partition coefficient (Wildman–Crippen LogP) is 6.61. The topological polar surface area (TPSA) is 165 Å². The lowest BCUT2D eigenvalue weighted by Gasteiger charge is -2.22. The summed E-state index contributed by atoms with van der Waals surface area (Å²) in [6.07, 6.45) is 4.17. The van der Waals surface area contributed by atoms with Crippen molar-refractivity contribution in [3.05, 3.63) is 114 Å². The summed E-state index contributed by atoms with van der Waals surface area (Å²) >= 11 is 11.7. The molecule has 5 N–H and O–H groups in total. The second-order valence-corrected chi connectivity index (χ2v) is 12.2. The number of nitrogens with two attached hydrogens (primary N) is 1. The van der Waals surface area contributed by atoms with Crippen molar-refractivity contribution in [2.24, 2.45) is 7.05 Å². The Labute approximate surface area is 306 Å². The molecule has 268 valence electrons. The van der Waals surface area contributed by atoms with E-state index in [1.165, 1.54) is 0 Å². The van der Waals surface area contributed by atoms with Gasteiger partial charge in [-0.15, -0.1) is 23.2 Å². The molecule has 5 aromatic rings. The molecule has 0 radical (unpaired) electrons. The van der Waals surface area contributed by atoms with Crippen LogP contribution in [0.3, 0.4) is 0 Å². The molecule has 12 nitrogen and oxygen atoms in total. The zero-order valence-electron chi connectivity index (χ0n) is 28.2. The fourth-order valence-corrected chi connectivity index (χ4v) is 5.48. The summed E-state index contributed by atoms with van der Waals surface area (Å²) in [7, 11) is 1.96. The number of alkyl carbamates (subject to hydrolysis) is 1. The molecule has 2 amide bonds. The van der Waals surface area contributed by atoms with Crippen LogP contribution in [0.5, 0.6) is 0 Å². The number of imidazole rings is 1. The van der Waals surface area contributed by atoms with Crippen LogP contribution in [0.1, 0.15) is 40.2 Å². The minimum Gasteiger partial charge on any atom is -0.481 e. The van der Waals surface area contributed by atoms with Gasteiger partial charge in [0.1, 0.15) is 12.4 Å². The predicted molar refractivity (Wildman–Crippen MR) is 201 cm³/mol. The van der Waals surface area contributed by atoms with Crippen LogP contribution in [-0.2, 0) is 36.2 Å². The number of aliphatic carboxylic acids is 1. The highest BCUT2D eigenvalue weighted by Gasteiger charge is 2.12. The smallest absolute Gasteiger partial charge is 0.407 e. The van der Waals surface area contributed by atoms with Gasteiger partial charge in [0.25, 0.3) is 5.91 Å². The van der Waals surface area contributed by atoms with E-state index in [4.69, 9.17) is 38.8 Å². The van der Waals surface area contributed by atoms with E-state index in [2.05, 4.69) is 25.5 Å². The second kappa shape index (κ2) is 19.8. The molecule has 0 saturated heterocycles. The Hall–Kier alpha value is -5.33. The van der Waals surface area contributed by atoms with Crippen molar-refractivity contribution in [2.45, 2.75) is 32.4 Å². The number of carbonyl (C=O) groups is 3. The van der Waals surface area contributed by atoms with E-state index in [0.29, 0.717) is 48.1 Å². The van der Waals surface area contributed by atoms with Crippen LogP contribution < -0.4 is 21.3 Å². The molecule has 0 unspecified atom stereocenters. The summed E-state index contributed by atoms with van der Waals surface area (Å²) in [6, 6.07) is 23.7. The van der Waals surface area contributed by atoms with Gasteiger partial charge in [-0.05, 0) is 60.5 Å². The third-order valence-corrected chi connectivity index (χ3v) is 8.11. The van der Waals surface area contributed by atoms with Crippen molar-refractivity contribution in [3.63, 3.8) is 0 Å². The molecule has 0 aliphatic rings. The number of aryl methyl sites for hydroxylation is 2. The summed E-state index contributed by atoms with van der Waals surface area (Å²) in [5, 5.41) is 14.2. The van der Waals surface area contributed by atoms with E-state index in [0.717, 1.165) is 46.8 Å². The molecule has 2 aromatic heterocycles. The Morgan fingerprint density at radius 3 is 2.37 bits per heavy atom. The Kier molecular flexibility index (Phi) is 14.9. The SMILES string of the molecule is Cn1c(CCCC(=O)O)nc2cc(N(CCCl)CCCl)ccc21.Nc1ccccc1NC(=O)c1ccc(CNC(=O)OCc2cccnc2)cc1. The van der Waals surface area contributed by atoms with Crippen LogP contribution >= 0.6 is 23.2 Å². The maximum atomic E-state index is 12.3. The van der Waals surface area contributed by atoms with Crippen molar-refractivity contribution in [2.75, 3.05) is 40.8 Å². The van der Waals surface area contributed by atoms with Gasteiger partial charge in [0, 0.05) is 80.5 Å². The second-order valence-electron chi connectivity index (χ2n) is 11.4. The van der Waals surface area contributed by atoms with Crippen LogP contribution in [0.4, 0.5) is 21.9 Å². The van der Waals surface area contributed by atoms with Gasteiger partial charge in [0.05, 0.1) is 22.4 Å². The Balaban J connectivity index is 0.000000233. The Morgan fingerprint density at radius 1 is 0.961 bits per heavy atom. The molecule has 0 spiro atoms. The number of ether oxygens (including phenoxy) is 1. The third kappa shape index (κ3) is 11.9. The number of carboxylic acid groups (broad SMARTS) is 1. The van der Waals surface area contributed by atoms with Crippen LogP contribution in [0.15, 0.2) is 91.3 Å². The fraction of sp³-hybridized carbons (Fsp3) is 0.270. The number of hydrogen-bond donors (Lipinski definition) is 4. The number of pyridine rings is 1. The number of anilines is 3. The molecule has 0 atom stereocenters. The number of para-hydroxylation sites is 2. The average molecular weight is 735 g/mol.